The smallest absolute Gasteiger partial charge is 0.288 e. The van der Waals surface area contributed by atoms with Gasteiger partial charge in [0.1, 0.15) is 5.02 Å². The van der Waals surface area contributed by atoms with E-state index in [0.29, 0.717) is 18.7 Å². The van der Waals surface area contributed by atoms with Crippen LogP contribution in [0.25, 0.3) is 0 Å². The van der Waals surface area contributed by atoms with Gasteiger partial charge in [0.05, 0.1) is 4.92 Å². The van der Waals surface area contributed by atoms with Crippen molar-refractivity contribution in [2.45, 2.75) is 6.42 Å². The minimum Gasteiger partial charge on any atom is -0.337 e. The predicted molar refractivity (Wildman–Crippen MR) is 71.5 cm³/mol. The van der Waals surface area contributed by atoms with Gasteiger partial charge in [0.2, 0.25) is 0 Å². The summed E-state index contributed by atoms with van der Waals surface area (Å²) in [5, 5.41) is 14.1. The SMILES string of the molecule is O=C(c1ccc(Cl)c([N+](=O)[O-])c1)N1CCCNCC1. The van der Waals surface area contributed by atoms with E-state index in [1.54, 1.807) is 4.90 Å². The third kappa shape index (κ3) is 3.21. The highest BCUT2D eigenvalue weighted by Crippen LogP contribution is 2.25. The van der Waals surface area contributed by atoms with Crippen LogP contribution in [0.15, 0.2) is 18.2 Å². The van der Waals surface area contributed by atoms with E-state index in [0.717, 1.165) is 19.5 Å². The summed E-state index contributed by atoms with van der Waals surface area (Å²) >= 11 is 5.73. The van der Waals surface area contributed by atoms with Crippen LogP contribution >= 0.6 is 11.6 Å². The van der Waals surface area contributed by atoms with Crippen LogP contribution in [0, 0.1) is 10.1 Å². The van der Waals surface area contributed by atoms with Gasteiger partial charge in [-0.25, -0.2) is 0 Å². The molecule has 0 radical (unpaired) electrons. The molecule has 2 rings (SSSR count). The van der Waals surface area contributed by atoms with Gasteiger partial charge >= 0.3 is 0 Å². The number of amides is 1. The molecule has 1 amide bonds. The molecule has 1 fully saturated rings. The van der Waals surface area contributed by atoms with Crippen molar-refractivity contribution >= 4 is 23.2 Å². The maximum atomic E-state index is 12.3. The van der Waals surface area contributed by atoms with Crippen LogP contribution in [0.1, 0.15) is 16.8 Å². The largest absolute Gasteiger partial charge is 0.337 e. The molecule has 0 aromatic heterocycles. The fraction of sp³-hybridized carbons (Fsp3) is 0.417. The van der Waals surface area contributed by atoms with E-state index in [9.17, 15) is 14.9 Å². The number of hydrogen-bond acceptors (Lipinski definition) is 4. The topological polar surface area (TPSA) is 75.5 Å². The molecule has 1 N–H and O–H groups in total. The molecule has 1 aromatic rings. The fourth-order valence-corrected chi connectivity index (χ4v) is 2.20. The van der Waals surface area contributed by atoms with Crippen molar-refractivity contribution in [2.75, 3.05) is 26.2 Å². The Bertz CT molecular complexity index is 499. The molecule has 0 aliphatic carbocycles. The van der Waals surface area contributed by atoms with Crippen LogP contribution in [-0.2, 0) is 0 Å². The number of carbonyl (C=O) groups excluding carboxylic acids is 1. The van der Waals surface area contributed by atoms with E-state index in [-0.39, 0.29) is 16.6 Å². The molecule has 7 heteroatoms. The number of nitrogens with zero attached hydrogens (tertiary/aromatic N) is 2. The van der Waals surface area contributed by atoms with Crippen molar-refractivity contribution in [3.8, 4) is 0 Å². The Morgan fingerprint density at radius 1 is 1.37 bits per heavy atom. The molecule has 102 valence electrons. The summed E-state index contributed by atoms with van der Waals surface area (Å²) in [6.07, 6.45) is 0.876. The van der Waals surface area contributed by atoms with E-state index in [1.165, 1.54) is 18.2 Å². The zero-order valence-electron chi connectivity index (χ0n) is 10.3. The first-order valence-corrected chi connectivity index (χ1v) is 6.41. The van der Waals surface area contributed by atoms with E-state index >= 15 is 0 Å². The van der Waals surface area contributed by atoms with E-state index in [4.69, 9.17) is 11.6 Å². The van der Waals surface area contributed by atoms with Gasteiger partial charge in [-0.05, 0) is 25.1 Å². The fourth-order valence-electron chi connectivity index (χ4n) is 2.02. The minimum absolute atomic E-state index is 0.0408. The number of hydrogen-bond donors (Lipinski definition) is 1. The number of carbonyl (C=O) groups is 1. The van der Waals surface area contributed by atoms with Gasteiger partial charge in [0.25, 0.3) is 11.6 Å². The average Bonchev–Trinajstić information content (AvgIpc) is 2.67. The van der Waals surface area contributed by atoms with Gasteiger partial charge in [0.15, 0.2) is 0 Å². The molecule has 0 unspecified atom stereocenters. The van der Waals surface area contributed by atoms with Crippen molar-refractivity contribution < 1.29 is 9.72 Å². The molecule has 0 spiro atoms. The lowest BCUT2D eigenvalue weighted by Crippen LogP contribution is -2.34. The van der Waals surface area contributed by atoms with Crippen LogP contribution in [0.3, 0.4) is 0 Å². The highest BCUT2D eigenvalue weighted by Gasteiger charge is 2.21. The number of rotatable bonds is 2. The Balaban J connectivity index is 2.23. The summed E-state index contributed by atoms with van der Waals surface area (Å²) in [6, 6.07) is 4.15. The first kappa shape index (κ1) is 13.8. The number of nitrogens with one attached hydrogen (secondary N) is 1. The molecule has 1 aliphatic heterocycles. The molecule has 0 bridgehead atoms. The van der Waals surface area contributed by atoms with Gasteiger partial charge in [-0.3, -0.25) is 14.9 Å². The number of benzene rings is 1. The number of halogens is 1. The van der Waals surface area contributed by atoms with E-state index in [1.807, 2.05) is 0 Å². The van der Waals surface area contributed by atoms with Crippen LogP contribution in [0.4, 0.5) is 5.69 Å². The molecule has 0 atom stereocenters. The molecule has 1 aromatic carbocycles. The van der Waals surface area contributed by atoms with Crippen molar-refractivity contribution in [3.05, 3.63) is 38.9 Å². The van der Waals surface area contributed by atoms with Crippen LogP contribution < -0.4 is 5.32 Å². The van der Waals surface area contributed by atoms with Gasteiger partial charge in [-0.1, -0.05) is 11.6 Å². The number of nitro groups is 1. The van der Waals surface area contributed by atoms with Gasteiger partial charge in [-0.2, -0.15) is 0 Å². The Hall–Kier alpha value is -1.66. The zero-order chi connectivity index (χ0) is 13.8. The Morgan fingerprint density at radius 2 is 2.16 bits per heavy atom. The van der Waals surface area contributed by atoms with Crippen LogP contribution in [-0.4, -0.2) is 41.9 Å². The lowest BCUT2D eigenvalue weighted by atomic mass is 10.1. The van der Waals surface area contributed by atoms with Crippen molar-refractivity contribution in [2.24, 2.45) is 0 Å². The Labute approximate surface area is 115 Å². The highest BCUT2D eigenvalue weighted by atomic mass is 35.5. The minimum atomic E-state index is -0.580. The van der Waals surface area contributed by atoms with E-state index in [2.05, 4.69) is 5.32 Å². The molecule has 1 aliphatic rings. The van der Waals surface area contributed by atoms with Gasteiger partial charge < -0.3 is 10.2 Å². The maximum absolute atomic E-state index is 12.3. The summed E-state index contributed by atoms with van der Waals surface area (Å²) in [5.41, 5.74) is 0.0680. The maximum Gasteiger partial charge on any atom is 0.288 e. The lowest BCUT2D eigenvalue weighted by Gasteiger charge is -2.19. The summed E-state index contributed by atoms with van der Waals surface area (Å²) in [5.74, 6) is -0.191. The summed E-state index contributed by atoms with van der Waals surface area (Å²) in [6.45, 7) is 2.88. The Kier molecular flexibility index (Phi) is 4.34. The van der Waals surface area contributed by atoms with Crippen LogP contribution in [0.5, 0.6) is 0 Å². The van der Waals surface area contributed by atoms with Gasteiger partial charge in [-0.15, -0.1) is 0 Å². The monoisotopic (exact) mass is 283 g/mol. The lowest BCUT2D eigenvalue weighted by molar-refractivity contribution is -0.384. The molecular weight excluding hydrogens is 270 g/mol. The summed E-state index contributed by atoms with van der Waals surface area (Å²) < 4.78 is 0. The third-order valence-electron chi connectivity index (χ3n) is 3.02. The standard InChI is InChI=1S/C12H14ClN3O3/c13-10-3-2-9(8-11(10)16(18)19)12(17)15-6-1-4-14-5-7-15/h2-3,8,14H,1,4-7H2. The summed E-state index contributed by atoms with van der Waals surface area (Å²) in [7, 11) is 0. The molecular formula is C12H14ClN3O3. The average molecular weight is 284 g/mol. The predicted octanol–water partition coefficient (Wildman–Crippen LogP) is 1.68. The second kappa shape index (κ2) is 5.99. The highest BCUT2D eigenvalue weighted by molar-refractivity contribution is 6.32. The molecule has 1 saturated heterocycles. The molecule has 6 nitrogen and oxygen atoms in total. The summed E-state index contributed by atoms with van der Waals surface area (Å²) in [4.78, 5) is 24.2. The van der Waals surface area contributed by atoms with E-state index < -0.39 is 4.92 Å². The second-order valence-corrected chi connectivity index (χ2v) is 4.73. The van der Waals surface area contributed by atoms with Crippen molar-refractivity contribution in [1.29, 1.82) is 0 Å². The molecule has 1 heterocycles. The Morgan fingerprint density at radius 3 is 2.89 bits per heavy atom. The molecule has 19 heavy (non-hydrogen) atoms. The normalized spacial score (nSPS) is 15.9. The van der Waals surface area contributed by atoms with Crippen LogP contribution in [0.2, 0.25) is 5.02 Å². The van der Waals surface area contributed by atoms with Gasteiger partial charge in [0, 0.05) is 31.3 Å². The second-order valence-electron chi connectivity index (χ2n) is 4.32. The van der Waals surface area contributed by atoms with Crippen molar-refractivity contribution in [3.63, 3.8) is 0 Å². The number of nitro benzene ring substituents is 1. The quantitative estimate of drug-likeness (QED) is 0.662. The molecule has 0 saturated carbocycles. The third-order valence-corrected chi connectivity index (χ3v) is 3.34. The first-order valence-electron chi connectivity index (χ1n) is 6.03. The zero-order valence-corrected chi connectivity index (χ0v) is 11.0. The van der Waals surface area contributed by atoms with Crippen molar-refractivity contribution in [1.82, 2.24) is 10.2 Å². The first-order chi connectivity index (χ1) is 9.09.